The standard InChI is InChI=1S/C19H17ClN6O2/c1-19(7-8-19)16-24-23-15-14-13(9-21-17(22-14)28-2)25(18(27)26(15)16)10-11-3-5-12(20)6-4-11/h3-6,9H,7-8,10H2,1-2H3. The van der Waals surface area contributed by atoms with Gasteiger partial charge in [-0.05, 0) is 30.5 Å². The van der Waals surface area contributed by atoms with Gasteiger partial charge in [0.1, 0.15) is 11.3 Å². The Labute approximate surface area is 164 Å². The van der Waals surface area contributed by atoms with Crippen LogP contribution in [0.15, 0.2) is 35.3 Å². The third-order valence-electron chi connectivity index (χ3n) is 5.31. The molecule has 0 aliphatic heterocycles. The van der Waals surface area contributed by atoms with Crippen LogP contribution in [-0.4, -0.2) is 36.2 Å². The molecule has 0 radical (unpaired) electrons. The monoisotopic (exact) mass is 396 g/mol. The molecule has 4 aromatic rings. The lowest BCUT2D eigenvalue weighted by atomic mass is 10.1. The zero-order valence-electron chi connectivity index (χ0n) is 15.4. The van der Waals surface area contributed by atoms with E-state index in [9.17, 15) is 4.79 Å². The summed E-state index contributed by atoms with van der Waals surface area (Å²) in [6.07, 6.45) is 3.55. The van der Waals surface area contributed by atoms with Gasteiger partial charge in [-0.1, -0.05) is 30.7 Å². The smallest absolute Gasteiger partial charge is 0.336 e. The minimum absolute atomic E-state index is 0.124. The molecule has 1 aliphatic rings. The summed E-state index contributed by atoms with van der Waals surface area (Å²) in [5.74, 6) is 0.678. The third-order valence-corrected chi connectivity index (χ3v) is 5.56. The lowest BCUT2D eigenvalue weighted by molar-refractivity contribution is 0.381. The van der Waals surface area contributed by atoms with Crippen molar-refractivity contribution in [2.24, 2.45) is 0 Å². The van der Waals surface area contributed by atoms with Crippen LogP contribution in [0.5, 0.6) is 6.01 Å². The molecular formula is C19H17ClN6O2. The Bertz CT molecular complexity index is 1270. The minimum Gasteiger partial charge on any atom is -0.467 e. The van der Waals surface area contributed by atoms with Crippen molar-refractivity contribution in [3.63, 3.8) is 0 Å². The van der Waals surface area contributed by atoms with Crippen molar-refractivity contribution in [3.05, 3.63) is 57.4 Å². The van der Waals surface area contributed by atoms with Crippen molar-refractivity contribution in [2.75, 3.05) is 7.11 Å². The second-order valence-electron chi connectivity index (χ2n) is 7.33. The van der Waals surface area contributed by atoms with E-state index >= 15 is 0 Å². The van der Waals surface area contributed by atoms with E-state index in [0.29, 0.717) is 34.1 Å². The molecule has 0 N–H and O–H groups in total. The molecular weight excluding hydrogens is 380 g/mol. The van der Waals surface area contributed by atoms with Gasteiger partial charge in [-0.15, -0.1) is 10.2 Å². The average molecular weight is 397 g/mol. The number of aromatic nitrogens is 6. The maximum atomic E-state index is 13.5. The third kappa shape index (κ3) is 2.56. The molecule has 0 unspecified atom stereocenters. The highest BCUT2D eigenvalue weighted by atomic mass is 35.5. The van der Waals surface area contributed by atoms with E-state index in [1.165, 1.54) is 7.11 Å². The van der Waals surface area contributed by atoms with Crippen molar-refractivity contribution in [3.8, 4) is 6.01 Å². The number of benzene rings is 1. The molecule has 0 bridgehead atoms. The highest BCUT2D eigenvalue weighted by Gasteiger charge is 2.44. The van der Waals surface area contributed by atoms with Gasteiger partial charge in [-0.25, -0.2) is 14.2 Å². The van der Waals surface area contributed by atoms with Crippen LogP contribution in [-0.2, 0) is 12.0 Å². The fourth-order valence-electron chi connectivity index (χ4n) is 3.39. The first-order valence-electron chi connectivity index (χ1n) is 8.94. The molecule has 3 heterocycles. The number of hydrogen-bond acceptors (Lipinski definition) is 6. The SMILES string of the molecule is COc1ncc2c(n1)c1nnc(C3(C)CC3)n1c(=O)n2Cc1ccc(Cl)cc1. The predicted octanol–water partition coefficient (Wildman–Crippen LogP) is 2.60. The first-order valence-corrected chi connectivity index (χ1v) is 9.31. The fraction of sp³-hybridized carbons (Fsp3) is 0.316. The molecule has 0 amide bonds. The number of fused-ring (bicyclic) bond motifs is 3. The van der Waals surface area contributed by atoms with Crippen LogP contribution in [0.2, 0.25) is 5.02 Å². The fourth-order valence-corrected chi connectivity index (χ4v) is 3.52. The minimum atomic E-state index is -0.209. The van der Waals surface area contributed by atoms with Crippen LogP contribution in [0.1, 0.15) is 31.2 Å². The number of ether oxygens (including phenoxy) is 1. The molecule has 1 aromatic carbocycles. The average Bonchev–Trinajstić information content (AvgIpc) is 3.28. The highest BCUT2D eigenvalue weighted by molar-refractivity contribution is 6.30. The Hall–Kier alpha value is -3.00. The number of methoxy groups -OCH3 is 1. The Morgan fingerprint density at radius 2 is 1.96 bits per heavy atom. The Morgan fingerprint density at radius 3 is 2.64 bits per heavy atom. The summed E-state index contributed by atoms with van der Waals surface area (Å²) in [5.41, 5.74) is 2.14. The molecule has 3 aromatic heterocycles. The van der Waals surface area contributed by atoms with Gasteiger partial charge in [0.2, 0.25) is 0 Å². The Kier molecular flexibility index (Phi) is 3.67. The summed E-state index contributed by atoms with van der Waals surface area (Å²) in [7, 11) is 1.50. The molecule has 5 rings (SSSR count). The maximum Gasteiger partial charge on any atom is 0.336 e. The van der Waals surface area contributed by atoms with Crippen molar-refractivity contribution >= 4 is 28.3 Å². The number of hydrogen-bond donors (Lipinski definition) is 0. The lowest BCUT2D eigenvalue weighted by Gasteiger charge is -2.13. The zero-order valence-corrected chi connectivity index (χ0v) is 16.1. The van der Waals surface area contributed by atoms with Crippen LogP contribution in [0.3, 0.4) is 0 Å². The van der Waals surface area contributed by atoms with Crippen LogP contribution >= 0.6 is 11.6 Å². The number of rotatable bonds is 4. The lowest BCUT2D eigenvalue weighted by Crippen LogP contribution is -2.30. The second-order valence-corrected chi connectivity index (χ2v) is 7.77. The van der Waals surface area contributed by atoms with Gasteiger partial charge in [0, 0.05) is 10.4 Å². The van der Waals surface area contributed by atoms with E-state index in [4.69, 9.17) is 16.3 Å². The molecule has 1 saturated carbocycles. The van der Waals surface area contributed by atoms with Crippen LogP contribution in [0, 0.1) is 0 Å². The normalized spacial score (nSPS) is 15.2. The van der Waals surface area contributed by atoms with Gasteiger partial charge in [0.05, 0.1) is 25.4 Å². The van der Waals surface area contributed by atoms with Gasteiger partial charge in [0.15, 0.2) is 5.65 Å². The molecule has 8 nitrogen and oxygen atoms in total. The molecule has 0 spiro atoms. The zero-order chi connectivity index (χ0) is 19.5. The molecule has 28 heavy (non-hydrogen) atoms. The number of halogens is 1. The van der Waals surface area contributed by atoms with E-state index in [-0.39, 0.29) is 17.1 Å². The maximum absolute atomic E-state index is 13.5. The Balaban J connectivity index is 1.82. The first kappa shape index (κ1) is 17.1. The van der Waals surface area contributed by atoms with Gasteiger partial charge in [0.25, 0.3) is 0 Å². The number of nitrogens with zero attached hydrogens (tertiary/aromatic N) is 6. The van der Waals surface area contributed by atoms with E-state index in [2.05, 4.69) is 27.1 Å². The Morgan fingerprint density at radius 1 is 1.21 bits per heavy atom. The molecule has 0 atom stereocenters. The summed E-state index contributed by atoms with van der Waals surface area (Å²) < 4.78 is 8.40. The largest absolute Gasteiger partial charge is 0.467 e. The van der Waals surface area contributed by atoms with Crippen LogP contribution < -0.4 is 10.4 Å². The topological polar surface area (TPSA) is 87.2 Å². The van der Waals surface area contributed by atoms with Crippen LogP contribution in [0.25, 0.3) is 16.7 Å². The predicted molar refractivity (Wildman–Crippen MR) is 104 cm³/mol. The van der Waals surface area contributed by atoms with E-state index < -0.39 is 0 Å². The van der Waals surface area contributed by atoms with Gasteiger partial charge >= 0.3 is 11.7 Å². The molecule has 142 valence electrons. The summed E-state index contributed by atoms with van der Waals surface area (Å²) in [6, 6.07) is 7.61. The summed E-state index contributed by atoms with van der Waals surface area (Å²) >= 11 is 5.99. The quantitative estimate of drug-likeness (QED) is 0.527. The summed E-state index contributed by atoms with van der Waals surface area (Å²) in [4.78, 5) is 22.1. The van der Waals surface area contributed by atoms with Crippen molar-refractivity contribution < 1.29 is 4.74 Å². The first-order chi connectivity index (χ1) is 13.5. The van der Waals surface area contributed by atoms with Gasteiger partial charge < -0.3 is 4.74 Å². The summed E-state index contributed by atoms with van der Waals surface area (Å²) in [5, 5.41) is 9.27. The highest BCUT2D eigenvalue weighted by Crippen LogP contribution is 2.46. The summed E-state index contributed by atoms with van der Waals surface area (Å²) in [6.45, 7) is 2.45. The van der Waals surface area contributed by atoms with E-state index in [0.717, 1.165) is 18.4 Å². The molecule has 0 saturated heterocycles. The van der Waals surface area contributed by atoms with Gasteiger partial charge in [-0.3, -0.25) is 4.57 Å². The molecule has 9 heteroatoms. The molecule has 1 aliphatic carbocycles. The van der Waals surface area contributed by atoms with Crippen molar-refractivity contribution in [1.82, 2.24) is 29.1 Å². The van der Waals surface area contributed by atoms with Crippen molar-refractivity contribution in [1.29, 1.82) is 0 Å². The van der Waals surface area contributed by atoms with Crippen molar-refractivity contribution in [2.45, 2.75) is 31.7 Å². The van der Waals surface area contributed by atoms with E-state index in [1.807, 2.05) is 12.1 Å². The van der Waals surface area contributed by atoms with Crippen LogP contribution in [0.4, 0.5) is 0 Å². The molecule has 1 fully saturated rings. The van der Waals surface area contributed by atoms with E-state index in [1.54, 1.807) is 27.3 Å². The van der Waals surface area contributed by atoms with Gasteiger partial charge in [-0.2, -0.15) is 4.98 Å². The second kappa shape index (κ2) is 6.00.